The van der Waals surface area contributed by atoms with Crippen molar-refractivity contribution < 1.29 is 17.6 Å². The van der Waals surface area contributed by atoms with Crippen LogP contribution in [0.1, 0.15) is 0 Å². The normalized spacial score (nSPS) is 18.8. The number of halogens is 4. The molecule has 2 nitrogen and oxygen atoms in total. The zero-order chi connectivity index (χ0) is 11.2. The monoisotopic (exact) mass is 220 g/mol. The first-order valence-electron chi connectivity index (χ1n) is 4.26. The van der Waals surface area contributed by atoms with Gasteiger partial charge in [0, 0.05) is 12.1 Å². The van der Waals surface area contributed by atoms with Gasteiger partial charge in [-0.3, -0.25) is 0 Å². The zero-order valence-corrected chi connectivity index (χ0v) is 7.61. The third-order valence-electron chi connectivity index (χ3n) is 2.25. The molecule has 15 heavy (non-hydrogen) atoms. The Kier molecular flexibility index (Phi) is 2.02. The summed E-state index contributed by atoms with van der Waals surface area (Å²) in [5.41, 5.74) is 4.62. The topological polar surface area (TPSA) is 29.3 Å². The highest BCUT2D eigenvalue weighted by atomic mass is 19.3. The molecule has 0 radical (unpaired) electrons. The van der Waals surface area contributed by atoms with Gasteiger partial charge in [-0.1, -0.05) is 0 Å². The molecule has 1 aliphatic rings. The van der Waals surface area contributed by atoms with E-state index >= 15 is 0 Å². The number of benzene rings is 1. The standard InChI is InChI=1S/C9H8F4N2/c10-5-2-8(6(11)1-7(5)14)15-3-9(12,13)4-15/h1-2H,3-4,14H2. The number of alkyl halides is 2. The van der Waals surface area contributed by atoms with Crippen LogP contribution in [0.15, 0.2) is 12.1 Å². The minimum Gasteiger partial charge on any atom is -0.396 e. The minimum absolute atomic E-state index is 0.173. The molecule has 1 aromatic carbocycles. The molecule has 1 heterocycles. The Morgan fingerprint density at radius 1 is 1.13 bits per heavy atom. The van der Waals surface area contributed by atoms with Crippen LogP contribution in [0.2, 0.25) is 0 Å². The molecule has 1 fully saturated rings. The molecule has 0 bridgehead atoms. The molecule has 1 aliphatic heterocycles. The summed E-state index contributed by atoms with van der Waals surface area (Å²) in [6, 6.07) is 1.63. The van der Waals surface area contributed by atoms with E-state index in [2.05, 4.69) is 0 Å². The molecule has 2 N–H and O–H groups in total. The lowest BCUT2D eigenvalue weighted by molar-refractivity contribution is -0.0265. The maximum absolute atomic E-state index is 13.2. The number of rotatable bonds is 1. The second-order valence-corrected chi connectivity index (χ2v) is 3.54. The lowest BCUT2D eigenvalue weighted by atomic mass is 10.1. The summed E-state index contributed by atoms with van der Waals surface area (Å²) >= 11 is 0. The fourth-order valence-electron chi connectivity index (χ4n) is 1.48. The van der Waals surface area contributed by atoms with Gasteiger partial charge in [-0.2, -0.15) is 0 Å². The van der Waals surface area contributed by atoms with Crippen molar-refractivity contribution in [3.8, 4) is 0 Å². The van der Waals surface area contributed by atoms with Gasteiger partial charge in [-0.15, -0.1) is 0 Å². The van der Waals surface area contributed by atoms with Gasteiger partial charge in [0.2, 0.25) is 0 Å². The number of hydrogen-bond donors (Lipinski definition) is 1. The van der Waals surface area contributed by atoms with Crippen molar-refractivity contribution in [1.29, 1.82) is 0 Å². The van der Waals surface area contributed by atoms with Gasteiger partial charge in [-0.05, 0) is 0 Å². The first-order valence-corrected chi connectivity index (χ1v) is 4.26. The van der Waals surface area contributed by atoms with Crippen molar-refractivity contribution in [2.75, 3.05) is 23.7 Å². The summed E-state index contributed by atoms with van der Waals surface area (Å²) in [6.45, 7) is -1.18. The first kappa shape index (κ1) is 10.1. The number of hydrogen-bond acceptors (Lipinski definition) is 2. The Hall–Kier alpha value is -1.46. The van der Waals surface area contributed by atoms with Gasteiger partial charge in [-0.25, -0.2) is 17.6 Å². The van der Waals surface area contributed by atoms with Crippen LogP contribution in [0, 0.1) is 11.6 Å². The van der Waals surface area contributed by atoms with Gasteiger partial charge in [0.15, 0.2) is 0 Å². The second-order valence-electron chi connectivity index (χ2n) is 3.54. The molecule has 0 aliphatic carbocycles. The molecule has 0 aromatic heterocycles. The Bertz CT molecular complexity index is 397. The van der Waals surface area contributed by atoms with Crippen molar-refractivity contribution >= 4 is 11.4 Å². The van der Waals surface area contributed by atoms with Gasteiger partial charge < -0.3 is 10.6 Å². The number of nitrogens with two attached hydrogens (primary N) is 1. The molecule has 0 spiro atoms. The van der Waals surface area contributed by atoms with E-state index in [1.165, 1.54) is 0 Å². The SMILES string of the molecule is Nc1cc(F)c(N2CC(F)(F)C2)cc1F. The summed E-state index contributed by atoms with van der Waals surface area (Å²) in [4.78, 5) is 1.07. The van der Waals surface area contributed by atoms with Crippen LogP contribution in [0.5, 0.6) is 0 Å². The lowest BCUT2D eigenvalue weighted by Crippen LogP contribution is -2.56. The van der Waals surface area contributed by atoms with E-state index in [1.54, 1.807) is 0 Å². The quantitative estimate of drug-likeness (QED) is 0.579. The largest absolute Gasteiger partial charge is 0.396 e. The third kappa shape index (κ3) is 1.71. The van der Waals surface area contributed by atoms with E-state index in [0.717, 1.165) is 17.0 Å². The summed E-state index contributed by atoms with van der Waals surface area (Å²) < 4.78 is 51.2. The fraction of sp³-hybridized carbons (Fsp3) is 0.333. The van der Waals surface area contributed by atoms with E-state index in [4.69, 9.17) is 5.73 Å². The van der Waals surface area contributed by atoms with Crippen molar-refractivity contribution in [2.24, 2.45) is 0 Å². The van der Waals surface area contributed by atoms with E-state index in [9.17, 15) is 17.6 Å². The average molecular weight is 220 g/mol. The molecule has 0 saturated carbocycles. The second kappa shape index (κ2) is 3.01. The Morgan fingerprint density at radius 3 is 2.27 bits per heavy atom. The molecule has 82 valence electrons. The Morgan fingerprint density at radius 2 is 1.73 bits per heavy atom. The van der Waals surface area contributed by atoms with Crippen molar-refractivity contribution in [2.45, 2.75) is 5.92 Å². The van der Waals surface area contributed by atoms with Crippen LogP contribution in [0.3, 0.4) is 0 Å². The maximum atomic E-state index is 13.2. The Balaban J connectivity index is 2.27. The smallest absolute Gasteiger partial charge is 0.282 e. The van der Waals surface area contributed by atoms with E-state index in [0.29, 0.717) is 0 Å². The highest BCUT2D eigenvalue weighted by Gasteiger charge is 2.44. The first-order chi connectivity index (χ1) is 6.89. The number of nitrogen functional groups attached to an aromatic ring is 1. The van der Waals surface area contributed by atoms with Crippen LogP contribution in [-0.4, -0.2) is 19.0 Å². The minimum atomic E-state index is -2.82. The van der Waals surface area contributed by atoms with Gasteiger partial charge in [0.25, 0.3) is 5.92 Å². The van der Waals surface area contributed by atoms with Crippen molar-refractivity contribution in [3.05, 3.63) is 23.8 Å². The summed E-state index contributed by atoms with van der Waals surface area (Å²) in [6.07, 6.45) is 0. The maximum Gasteiger partial charge on any atom is 0.282 e. The van der Waals surface area contributed by atoms with Crippen LogP contribution < -0.4 is 10.6 Å². The van der Waals surface area contributed by atoms with Gasteiger partial charge in [0.1, 0.15) is 11.6 Å². The van der Waals surface area contributed by atoms with Crippen LogP contribution in [0.4, 0.5) is 28.9 Å². The molecular weight excluding hydrogens is 212 g/mol. The summed E-state index contributed by atoms with van der Waals surface area (Å²) in [7, 11) is 0. The summed E-state index contributed by atoms with van der Waals surface area (Å²) in [5.74, 6) is -4.41. The van der Waals surface area contributed by atoms with E-state index in [1.807, 2.05) is 0 Å². The van der Waals surface area contributed by atoms with Crippen LogP contribution in [0.25, 0.3) is 0 Å². The molecule has 6 heteroatoms. The van der Waals surface area contributed by atoms with Gasteiger partial charge >= 0.3 is 0 Å². The van der Waals surface area contributed by atoms with E-state index < -0.39 is 30.6 Å². The number of anilines is 2. The molecule has 1 saturated heterocycles. The fourth-order valence-corrected chi connectivity index (χ4v) is 1.48. The third-order valence-corrected chi connectivity index (χ3v) is 2.25. The van der Waals surface area contributed by atoms with Crippen molar-refractivity contribution in [3.63, 3.8) is 0 Å². The van der Waals surface area contributed by atoms with Crippen LogP contribution >= 0.6 is 0 Å². The average Bonchev–Trinajstić information content (AvgIpc) is 2.07. The summed E-state index contributed by atoms with van der Waals surface area (Å²) in [5, 5.41) is 0. The molecule has 0 amide bonds. The molecular formula is C9H8F4N2. The van der Waals surface area contributed by atoms with E-state index in [-0.39, 0.29) is 11.4 Å². The predicted molar refractivity (Wildman–Crippen MR) is 47.9 cm³/mol. The zero-order valence-electron chi connectivity index (χ0n) is 7.61. The molecule has 2 rings (SSSR count). The molecule has 0 unspecified atom stereocenters. The highest BCUT2D eigenvalue weighted by molar-refractivity contribution is 5.57. The number of nitrogens with zero attached hydrogens (tertiary/aromatic N) is 1. The van der Waals surface area contributed by atoms with Gasteiger partial charge in [0.05, 0.1) is 24.5 Å². The lowest BCUT2D eigenvalue weighted by Gasteiger charge is -2.40. The predicted octanol–water partition coefficient (Wildman–Crippen LogP) is 2.00. The molecule has 1 aromatic rings. The van der Waals surface area contributed by atoms with Crippen LogP contribution in [-0.2, 0) is 0 Å². The van der Waals surface area contributed by atoms with Crippen molar-refractivity contribution in [1.82, 2.24) is 0 Å². The molecule has 0 atom stereocenters. The highest BCUT2D eigenvalue weighted by Crippen LogP contribution is 2.34. The Labute approximate surface area is 83.3 Å².